The third-order valence-corrected chi connectivity index (χ3v) is 8.15. The summed E-state index contributed by atoms with van der Waals surface area (Å²) in [5.41, 5.74) is 6.35. The van der Waals surface area contributed by atoms with Gasteiger partial charge in [-0.2, -0.15) is 0 Å². The number of rotatable bonds is 3. The molecule has 1 heterocycles. The lowest BCUT2D eigenvalue weighted by atomic mass is 9.88. The second-order valence-electron chi connectivity index (χ2n) is 6.05. The average molecular weight is 305 g/mol. The number of benzene rings is 1. The van der Waals surface area contributed by atoms with Gasteiger partial charge in [-0.3, -0.25) is 0 Å². The standard InChI is InChI=1S/C18H24S2/c1-14-5-3-7-16(13-14)8-9-17-15(2)6-4-10-18(17)19-11-12-20-18/h3,5,7,13H,4,6,8-12H2,1-2H3. The molecule has 2 heteroatoms. The summed E-state index contributed by atoms with van der Waals surface area (Å²) in [6.45, 7) is 4.57. The summed E-state index contributed by atoms with van der Waals surface area (Å²) in [6.07, 6.45) is 6.57. The van der Waals surface area contributed by atoms with Crippen molar-refractivity contribution in [3.05, 3.63) is 46.5 Å². The monoisotopic (exact) mass is 304 g/mol. The second-order valence-corrected chi connectivity index (χ2v) is 9.10. The van der Waals surface area contributed by atoms with Gasteiger partial charge >= 0.3 is 0 Å². The largest absolute Gasteiger partial charge is 0.139 e. The van der Waals surface area contributed by atoms with E-state index in [4.69, 9.17) is 0 Å². The summed E-state index contributed by atoms with van der Waals surface area (Å²) in [6, 6.07) is 9.02. The minimum absolute atomic E-state index is 0.451. The minimum atomic E-state index is 0.451. The highest BCUT2D eigenvalue weighted by Gasteiger charge is 2.41. The van der Waals surface area contributed by atoms with Gasteiger partial charge in [-0.15, -0.1) is 23.5 Å². The molecule has 108 valence electrons. The van der Waals surface area contributed by atoms with Crippen molar-refractivity contribution in [3.63, 3.8) is 0 Å². The van der Waals surface area contributed by atoms with Crippen LogP contribution < -0.4 is 0 Å². The Morgan fingerprint density at radius 1 is 1.10 bits per heavy atom. The van der Waals surface area contributed by atoms with Crippen molar-refractivity contribution in [1.82, 2.24) is 0 Å². The normalized spacial score (nSPS) is 21.7. The third-order valence-electron chi connectivity index (χ3n) is 4.53. The summed E-state index contributed by atoms with van der Waals surface area (Å²) >= 11 is 4.44. The van der Waals surface area contributed by atoms with Crippen molar-refractivity contribution in [2.45, 2.75) is 50.0 Å². The van der Waals surface area contributed by atoms with Gasteiger partial charge in [0.15, 0.2) is 0 Å². The van der Waals surface area contributed by atoms with Gasteiger partial charge in [-0.25, -0.2) is 0 Å². The Labute approximate surface area is 131 Å². The summed E-state index contributed by atoms with van der Waals surface area (Å²) in [7, 11) is 0. The third kappa shape index (κ3) is 2.96. The molecule has 0 amide bonds. The van der Waals surface area contributed by atoms with Gasteiger partial charge < -0.3 is 0 Å². The van der Waals surface area contributed by atoms with Gasteiger partial charge in [0.05, 0.1) is 4.08 Å². The zero-order chi connectivity index (χ0) is 14.0. The molecule has 0 nitrogen and oxygen atoms in total. The first-order valence-corrected chi connectivity index (χ1v) is 9.69. The molecule has 1 aliphatic carbocycles. The van der Waals surface area contributed by atoms with Crippen molar-refractivity contribution in [1.29, 1.82) is 0 Å². The molecular formula is C18H24S2. The predicted molar refractivity (Wildman–Crippen MR) is 93.7 cm³/mol. The van der Waals surface area contributed by atoms with Crippen molar-refractivity contribution >= 4 is 23.5 Å². The molecule has 1 aromatic carbocycles. The van der Waals surface area contributed by atoms with Crippen LogP contribution in [0.5, 0.6) is 0 Å². The van der Waals surface area contributed by atoms with Gasteiger partial charge in [0, 0.05) is 11.5 Å². The van der Waals surface area contributed by atoms with E-state index in [0.717, 1.165) is 0 Å². The van der Waals surface area contributed by atoms with Crippen LogP contribution in [0, 0.1) is 6.92 Å². The van der Waals surface area contributed by atoms with Crippen molar-refractivity contribution in [2.24, 2.45) is 0 Å². The number of allylic oxidation sites excluding steroid dienone is 1. The maximum Gasteiger partial charge on any atom is 0.0823 e. The topological polar surface area (TPSA) is 0 Å². The number of aryl methyl sites for hydroxylation is 2. The summed E-state index contributed by atoms with van der Waals surface area (Å²) < 4.78 is 0.451. The molecule has 1 fully saturated rings. The van der Waals surface area contributed by atoms with Gasteiger partial charge in [-0.05, 0) is 57.1 Å². The van der Waals surface area contributed by atoms with E-state index < -0.39 is 0 Å². The lowest BCUT2D eigenvalue weighted by Crippen LogP contribution is -2.25. The quantitative estimate of drug-likeness (QED) is 0.666. The Kier molecular flexibility index (Phi) is 4.52. The van der Waals surface area contributed by atoms with Crippen LogP contribution >= 0.6 is 23.5 Å². The molecule has 0 saturated carbocycles. The van der Waals surface area contributed by atoms with Crippen LogP contribution in [-0.4, -0.2) is 15.6 Å². The Morgan fingerprint density at radius 3 is 2.65 bits per heavy atom. The van der Waals surface area contributed by atoms with E-state index >= 15 is 0 Å². The van der Waals surface area contributed by atoms with E-state index in [0.29, 0.717) is 4.08 Å². The van der Waals surface area contributed by atoms with Crippen LogP contribution in [0.4, 0.5) is 0 Å². The highest BCUT2D eigenvalue weighted by molar-refractivity contribution is 8.21. The molecule has 1 aliphatic heterocycles. The molecule has 2 aliphatic rings. The average Bonchev–Trinajstić information content (AvgIpc) is 2.87. The van der Waals surface area contributed by atoms with Crippen LogP contribution in [0.25, 0.3) is 0 Å². The fourth-order valence-electron chi connectivity index (χ4n) is 3.53. The predicted octanol–water partition coefficient (Wildman–Crippen LogP) is 5.60. The highest BCUT2D eigenvalue weighted by atomic mass is 32.2. The van der Waals surface area contributed by atoms with E-state index in [1.54, 1.807) is 11.1 Å². The maximum atomic E-state index is 2.38. The van der Waals surface area contributed by atoms with E-state index in [2.05, 4.69) is 61.6 Å². The Morgan fingerprint density at radius 2 is 1.90 bits per heavy atom. The number of hydrogen-bond acceptors (Lipinski definition) is 2. The van der Waals surface area contributed by atoms with Crippen molar-refractivity contribution < 1.29 is 0 Å². The SMILES string of the molecule is CC1=C(CCc2cccc(C)c2)C2(CCC1)SCCS2. The first kappa shape index (κ1) is 14.6. The van der Waals surface area contributed by atoms with E-state index in [1.165, 1.54) is 54.7 Å². The first-order valence-electron chi connectivity index (χ1n) is 7.72. The zero-order valence-corrected chi connectivity index (χ0v) is 14.2. The van der Waals surface area contributed by atoms with Crippen molar-refractivity contribution in [2.75, 3.05) is 11.5 Å². The Balaban J connectivity index is 1.77. The molecule has 20 heavy (non-hydrogen) atoms. The molecule has 0 atom stereocenters. The van der Waals surface area contributed by atoms with Crippen LogP contribution in [0.15, 0.2) is 35.4 Å². The summed E-state index contributed by atoms with van der Waals surface area (Å²) in [5.74, 6) is 2.68. The molecule has 0 radical (unpaired) electrons. The molecule has 0 bridgehead atoms. The fourth-order valence-corrected chi connectivity index (χ4v) is 7.17. The van der Waals surface area contributed by atoms with Crippen LogP contribution in [0.2, 0.25) is 0 Å². The highest BCUT2D eigenvalue weighted by Crippen LogP contribution is 2.56. The van der Waals surface area contributed by atoms with Gasteiger partial charge in [-0.1, -0.05) is 35.4 Å². The van der Waals surface area contributed by atoms with Gasteiger partial charge in [0.2, 0.25) is 0 Å². The van der Waals surface area contributed by atoms with E-state index in [1.807, 2.05) is 0 Å². The molecule has 3 rings (SSSR count). The lowest BCUT2D eigenvalue weighted by molar-refractivity contribution is 0.634. The molecule has 1 aromatic rings. The molecule has 1 saturated heterocycles. The fraction of sp³-hybridized carbons (Fsp3) is 0.556. The Hall–Kier alpha value is -0.340. The van der Waals surface area contributed by atoms with E-state index in [-0.39, 0.29) is 0 Å². The van der Waals surface area contributed by atoms with Crippen LogP contribution in [0.1, 0.15) is 43.7 Å². The van der Waals surface area contributed by atoms with Gasteiger partial charge in [0.1, 0.15) is 0 Å². The first-order chi connectivity index (χ1) is 9.70. The van der Waals surface area contributed by atoms with Crippen LogP contribution in [0.3, 0.4) is 0 Å². The molecule has 0 N–H and O–H groups in total. The lowest BCUT2D eigenvalue weighted by Gasteiger charge is -2.36. The van der Waals surface area contributed by atoms with E-state index in [9.17, 15) is 0 Å². The number of hydrogen-bond donors (Lipinski definition) is 0. The zero-order valence-electron chi connectivity index (χ0n) is 12.6. The molecule has 0 unspecified atom stereocenters. The summed E-state index contributed by atoms with van der Waals surface area (Å²) in [4.78, 5) is 0. The minimum Gasteiger partial charge on any atom is -0.139 e. The number of thioether (sulfide) groups is 2. The summed E-state index contributed by atoms with van der Waals surface area (Å²) in [5, 5.41) is 0. The maximum absolute atomic E-state index is 2.38. The van der Waals surface area contributed by atoms with Crippen LogP contribution in [-0.2, 0) is 6.42 Å². The molecular weight excluding hydrogens is 280 g/mol. The second kappa shape index (κ2) is 6.19. The van der Waals surface area contributed by atoms with Gasteiger partial charge in [0.25, 0.3) is 0 Å². The molecule has 1 spiro atoms. The molecule has 0 aromatic heterocycles. The smallest absolute Gasteiger partial charge is 0.0823 e. The van der Waals surface area contributed by atoms with Crippen molar-refractivity contribution in [3.8, 4) is 0 Å². The Bertz CT molecular complexity index is 510.